The summed E-state index contributed by atoms with van der Waals surface area (Å²) in [7, 11) is -4.49. The molecule has 0 radical (unpaired) electrons. The van der Waals surface area contributed by atoms with Crippen LogP contribution in [0.3, 0.4) is 0 Å². The lowest BCUT2D eigenvalue weighted by molar-refractivity contribution is -0.192. The third-order valence-corrected chi connectivity index (χ3v) is 11.7. The number of carboxylic acids is 1. The van der Waals surface area contributed by atoms with Crippen molar-refractivity contribution < 1.29 is 33.1 Å². The van der Waals surface area contributed by atoms with Crippen LogP contribution in [0.25, 0.3) is 0 Å². The zero-order valence-electron chi connectivity index (χ0n) is 15.8. The summed E-state index contributed by atoms with van der Waals surface area (Å²) >= 11 is 1.66. The quantitative estimate of drug-likeness (QED) is 0.605. The zero-order chi connectivity index (χ0) is 20.9. The van der Waals surface area contributed by atoms with E-state index < -0.39 is 35.7 Å². The molecule has 3 N–H and O–H groups in total. The van der Waals surface area contributed by atoms with E-state index in [-0.39, 0.29) is 5.94 Å². The van der Waals surface area contributed by atoms with Gasteiger partial charge in [0.1, 0.15) is 16.5 Å². The van der Waals surface area contributed by atoms with Gasteiger partial charge in [0.15, 0.2) is 0 Å². The van der Waals surface area contributed by atoms with E-state index in [0.29, 0.717) is 0 Å². The molecule has 0 aromatic carbocycles. The normalized spacial score (nSPS) is 13.8. The summed E-state index contributed by atoms with van der Waals surface area (Å²) in [6.07, 6.45) is -4.37. The topological polar surface area (TPSA) is 81.0 Å². The SMILES string of the molecule is C[Si](C)(C)N([C@@H](Cc1ccsc1)B(O)O)[Si](C)(C)C.O=C(O)C(F)(F)F. The van der Waals surface area contributed by atoms with Gasteiger partial charge in [-0.05, 0) is 28.8 Å². The molecular formula is C14H27BF3NO4SSi2. The summed E-state index contributed by atoms with van der Waals surface area (Å²) in [6.45, 7) is 13.7. The van der Waals surface area contributed by atoms with Crippen LogP contribution in [0.5, 0.6) is 0 Å². The largest absolute Gasteiger partial charge is 0.490 e. The fraction of sp³-hybridized carbons (Fsp3) is 0.643. The molecule has 0 fully saturated rings. The second-order valence-corrected chi connectivity index (χ2v) is 18.7. The molecule has 0 saturated heterocycles. The summed E-state index contributed by atoms with van der Waals surface area (Å²) in [5, 5.41) is 31.0. The van der Waals surface area contributed by atoms with E-state index in [0.717, 1.165) is 6.42 Å². The first-order valence-corrected chi connectivity index (χ1v) is 15.8. The van der Waals surface area contributed by atoms with E-state index >= 15 is 0 Å². The van der Waals surface area contributed by atoms with Crippen molar-refractivity contribution in [3.05, 3.63) is 22.4 Å². The predicted molar refractivity (Wildman–Crippen MR) is 104 cm³/mol. The van der Waals surface area contributed by atoms with Gasteiger partial charge in [0.05, 0.1) is 0 Å². The second kappa shape index (κ2) is 9.51. The Bertz CT molecular complexity index is 546. The summed E-state index contributed by atoms with van der Waals surface area (Å²) in [6, 6.07) is 2.08. The molecule has 1 aromatic heterocycles. The highest BCUT2D eigenvalue weighted by atomic mass is 32.1. The fourth-order valence-electron chi connectivity index (χ4n) is 2.98. The molecule has 0 aliphatic carbocycles. The Morgan fingerprint density at radius 3 is 1.85 bits per heavy atom. The molecule has 0 unspecified atom stereocenters. The average Bonchev–Trinajstić information content (AvgIpc) is 2.86. The lowest BCUT2D eigenvalue weighted by atomic mass is 9.77. The lowest BCUT2D eigenvalue weighted by Crippen LogP contribution is -2.67. The molecule has 1 aromatic rings. The average molecular weight is 429 g/mol. The van der Waals surface area contributed by atoms with Gasteiger partial charge in [0.2, 0.25) is 0 Å². The van der Waals surface area contributed by atoms with E-state index in [1.807, 2.05) is 5.38 Å². The van der Waals surface area contributed by atoms with Gasteiger partial charge in [-0.3, -0.25) is 0 Å². The van der Waals surface area contributed by atoms with Gasteiger partial charge in [0, 0.05) is 5.94 Å². The lowest BCUT2D eigenvalue weighted by Gasteiger charge is -2.48. The molecule has 150 valence electrons. The van der Waals surface area contributed by atoms with Crippen LogP contribution >= 0.6 is 11.3 Å². The molecular weight excluding hydrogens is 402 g/mol. The number of carboxylic acid groups (broad SMARTS) is 1. The van der Waals surface area contributed by atoms with Gasteiger partial charge in [-0.1, -0.05) is 39.3 Å². The van der Waals surface area contributed by atoms with Crippen LogP contribution in [0.15, 0.2) is 16.8 Å². The smallest absolute Gasteiger partial charge is 0.475 e. The van der Waals surface area contributed by atoms with Gasteiger partial charge in [-0.25, -0.2) is 4.79 Å². The first kappa shape index (κ1) is 25.3. The Labute approximate surface area is 158 Å². The van der Waals surface area contributed by atoms with Crippen molar-refractivity contribution in [3.8, 4) is 0 Å². The van der Waals surface area contributed by atoms with Gasteiger partial charge in [-0.15, -0.1) is 0 Å². The number of halogens is 3. The number of carbonyl (C=O) groups is 1. The highest BCUT2D eigenvalue weighted by molar-refractivity contribution is 7.08. The van der Waals surface area contributed by atoms with Crippen molar-refractivity contribution in [2.45, 2.75) is 57.8 Å². The molecule has 0 aliphatic rings. The van der Waals surface area contributed by atoms with Crippen LogP contribution in [0.2, 0.25) is 39.3 Å². The molecule has 0 bridgehead atoms. The highest BCUT2D eigenvalue weighted by Crippen LogP contribution is 2.26. The Hall–Kier alpha value is -0.661. The molecule has 12 heteroatoms. The second-order valence-electron chi connectivity index (χ2n) is 7.83. The summed E-state index contributed by atoms with van der Waals surface area (Å²) in [5.74, 6) is -2.94. The van der Waals surface area contributed by atoms with Crippen molar-refractivity contribution in [1.82, 2.24) is 4.23 Å². The van der Waals surface area contributed by atoms with E-state index in [1.54, 1.807) is 11.3 Å². The first-order valence-electron chi connectivity index (χ1n) is 7.94. The molecule has 26 heavy (non-hydrogen) atoms. The molecule has 5 nitrogen and oxygen atoms in total. The molecule has 1 rings (SSSR count). The third-order valence-electron chi connectivity index (χ3n) is 3.39. The van der Waals surface area contributed by atoms with Crippen LogP contribution < -0.4 is 0 Å². The van der Waals surface area contributed by atoms with Gasteiger partial charge < -0.3 is 19.4 Å². The van der Waals surface area contributed by atoms with Crippen LogP contribution in [0.1, 0.15) is 5.56 Å². The fourth-order valence-corrected chi connectivity index (χ4v) is 14.2. The number of alkyl halides is 3. The Morgan fingerprint density at radius 2 is 1.62 bits per heavy atom. The molecule has 0 spiro atoms. The summed E-state index contributed by atoms with van der Waals surface area (Å²) in [5.41, 5.74) is 1.20. The minimum absolute atomic E-state index is 0.187. The van der Waals surface area contributed by atoms with E-state index in [1.165, 1.54) is 5.56 Å². The minimum atomic E-state index is -5.08. The molecule has 0 aliphatic heterocycles. The molecule has 1 heterocycles. The van der Waals surface area contributed by atoms with Crippen LogP contribution in [0, 0.1) is 0 Å². The maximum absolute atomic E-state index is 10.6. The Kier molecular flexibility index (Phi) is 9.27. The molecule has 0 amide bonds. The third kappa shape index (κ3) is 8.82. The van der Waals surface area contributed by atoms with E-state index in [4.69, 9.17) is 9.90 Å². The highest BCUT2D eigenvalue weighted by Gasteiger charge is 2.43. The standard InChI is InChI=1S/C12H26BNO2SSi2.C2HF3O2/c1-18(2,3)14(19(4,5)6)12(13(15)16)9-11-7-8-17-10-11;3-2(4,5)1(6)7/h7-8,10,12,15-16H,9H2,1-6H3;(H,6,7)/t12-;/m0./s1. The van der Waals surface area contributed by atoms with Crippen molar-refractivity contribution >= 4 is 40.9 Å². The van der Waals surface area contributed by atoms with Crippen LogP contribution in [-0.2, 0) is 11.2 Å². The predicted octanol–water partition coefficient (Wildman–Crippen LogP) is 3.28. The van der Waals surface area contributed by atoms with E-state index in [9.17, 15) is 23.2 Å². The van der Waals surface area contributed by atoms with Crippen LogP contribution in [0.4, 0.5) is 13.2 Å². The minimum Gasteiger partial charge on any atom is -0.475 e. The van der Waals surface area contributed by atoms with Gasteiger partial charge >= 0.3 is 19.3 Å². The van der Waals surface area contributed by atoms with Crippen molar-refractivity contribution in [3.63, 3.8) is 0 Å². The Balaban J connectivity index is 0.000000758. The maximum Gasteiger partial charge on any atom is 0.490 e. The maximum atomic E-state index is 10.6. The Morgan fingerprint density at radius 1 is 1.19 bits per heavy atom. The van der Waals surface area contributed by atoms with Crippen molar-refractivity contribution in [1.29, 1.82) is 0 Å². The number of thiophene rings is 1. The van der Waals surface area contributed by atoms with Gasteiger partial charge in [-0.2, -0.15) is 24.5 Å². The zero-order valence-corrected chi connectivity index (χ0v) is 18.6. The monoisotopic (exact) mass is 429 g/mol. The van der Waals surface area contributed by atoms with Gasteiger partial charge in [0.25, 0.3) is 0 Å². The summed E-state index contributed by atoms with van der Waals surface area (Å²) < 4.78 is 34.2. The summed E-state index contributed by atoms with van der Waals surface area (Å²) in [4.78, 5) is 8.90. The van der Waals surface area contributed by atoms with Crippen molar-refractivity contribution in [2.75, 3.05) is 0 Å². The molecule has 1 atom stereocenters. The number of rotatable bonds is 6. The molecule has 0 saturated carbocycles. The first-order chi connectivity index (χ1) is 11.5. The van der Waals surface area contributed by atoms with Crippen molar-refractivity contribution in [2.24, 2.45) is 0 Å². The van der Waals surface area contributed by atoms with E-state index in [2.05, 4.69) is 55.0 Å². The number of nitrogens with zero attached hydrogens (tertiary/aromatic N) is 1. The number of aliphatic carboxylic acids is 1. The number of hydrogen-bond donors (Lipinski definition) is 3. The van der Waals surface area contributed by atoms with Crippen LogP contribution in [-0.4, -0.2) is 61.1 Å². The number of hydrogen-bond acceptors (Lipinski definition) is 5.